The summed E-state index contributed by atoms with van der Waals surface area (Å²) >= 11 is 0. The third-order valence-corrected chi connectivity index (χ3v) is 6.14. The van der Waals surface area contributed by atoms with Gasteiger partial charge in [0.05, 0.1) is 6.54 Å². The molecule has 0 aromatic carbocycles. The average Bonchev–Trinajstić information content (AvgIpc) is 3.14. The molecule has 6 heteroatoms. The zero-order valence-corrected chi connectivity index (χ0v) is 15.7. The molecule has 3 saturated heterocycles. The number of likely N-dealkylation sites (tertiary alicyclic amines) is 1. The van der Waals surface area contributed by atoms with E-state index in [9.17, 15) is 9.59 Å². The fourth-order valence-electron chi connectivity index (χ4n) is 4.35. The van der Waals surface area contributed by atoms with Crippen LogP contribution in [-0.2, 0) is 9.59 Å². The van der Waals surface area contributed by atoms with Crippen LogP contribution < -0.4 is 5.32 Å². The van der Waals surface area contributed by atoms with Crippen molar-refractivity contribution in [3.05, 3.63) is 0 Å². The Morgan fingerprint density at radius 3 is 2.48 bits per heavy atom. The molecule has 3 aliphatic rings. The Morgan fingerprint density at radius 1 is 1.00 bits per heavy atom. The Labute approximate surface area is 151 Å². The molecule has 0 aliphatic carbocycles. The summed E-state index contributed by atoms with van der Waals surface area (Å²) in [6.45, 7) is 8.94. The molecule has 3 fully saturated rings. The molecule has 142 valence electrons. The quantitative estimate of drug-likeness (QED) is 0.801. The van der Waals surface area contributed by atoms with Gasteiger partial charge in [-0.3, -0.25) is 14.5 Å². The molecule has 0 spiro atoms. The number of piperazine rings is 1. The van der Waals surface area contributed by atoms with E-state index in [0.717, 1.165) is 65.1 Å². The predicted octanol–water partition coefficient (Wildman–Crippen LogP) is 0.921. The minimum absolute atomic E-state index is 0.265. The van der Waals surface area contributed by atoms with Gasteiger partial charge in [0.2, 0.25) is 11.8 Å². The molecule has 0 bridgehead atoms. The van der Waals surface area contributed by atoms with Crippen LogP contribution in [0.4, 0.5) is 0 Å². The van der Waals surface area contributed by atoms with Gasteiger partial charge in [-0.15, -0.1) is 0 Å². The van der Waals surface area contributed by atoms with Crippen LogP contribution in [0.1, 0.15) is 45.4 Å². The van der Waals surface area contributed by atoms with Crippen molar-refractivity contribution in [2.75, 3.05) is 52.4 Å². The van der Waals surface area contributed by atoms with Gasteiger partial charge >= 0.3 is 0 Å². The maximum atomic E-state index is 12.5. The minimum Gasteiger partial charge on any atom is -0.340 e. The highest BCUT2D eigenvalue weighted by Gasteiger charge is 2.27. The van der Waals surface area contributed by atoms with Gasteiger partial charge in [-0.05, 0) is 58.0 Å². The summed E-state index contributed by atoms with van der Waals surface area (Å²) in [5, 5.41) is 3.36. The number of nitrogens with one attached hydrogen (secondary N) is 1. The van der Waals surface area contributed by atoms with Gasteiger partial charge in [0, 0.05) is 45.2 Å². The number of hydrogen-bond acceptors (Lipinski definition) is 4. The maximum absolute atomic E-state index is 12.5. The number of hydrogen-bond donors (Lipinski definition) is 1. The summed E-state index contributed by atoms with van der Waals surface area (Å²) in [6, 6.07) is 0.384. The van der Waals surface area contributed by atoms with Crippen LogP contribution in [0.2, 0.25) is 0 Å². The lowest BCUT2D eigenvalue weighted by atomic mass is 10.0. The normalized spacial score (nSPS) is 28.4. The second-order valence-corrected chi connectivity index (χ2v) is 7.99. The molecule has 0 radical (unpaired) electrons. The lowest BCUT2D eigenvalue weighted by Crippen LogP contribution is -2.53. The highest BCUT2D eigenvalue weighted by atomic mass is 16.2. The molecule has 25 heavy (non-hydrogen) atoms. The fraction of sp³-hybridized carbons (Fsp3) is 0.895. The first-order chi connectivity index (χ1) is 12.1. The molecular formula is C19H34N4O2. The van der Waals surface area contributed by atoms with Crippen LogP contribution in [-0.4, -0.2) is 84.9 Å². The smallest absolute Gasteiger partial charge is 0.236 e. The van der Waals surface area contributed by atoms with Gasteiger partial charge in [0.25, 0.3) is 0 Å². The van der Waals surface area contributed by atoms with E-state index in [1.54, 1.807) is 0 Å². The second-order valence-electron chi connectivity index (χ2n) is 7.99. The van der Waals surface area contributed by atoms with Crippen LogP contribution >= 0.6 is 0 Å². The number of nitrogens with zero attached hydrogens (tertiary/aromatic N) is 3. The molecule has 3 heterocycles. The molecule has 6 nitrogen and oxygen atoms in total. The Hall–Kier alpha value is -1.14. The Balaban J connectivity index is 1.36. The van der Waals surface area contributed by atoms with Crippen LogP contribution in [0, 0.1) is 5.92 Å². The van der Waals surface area contributed by atoms with Gasteiger partial charge in [-0.2, -0.15) is 0 Å². The van der Waals surface area contributed by atoms with Gasteiger partial charge in [0.1, 0.15) is 0 Å². The summed E-state index contributed by atoms with van der Waals surface area (Å²) in [4.78, 5) is 31.2. The van der Waals surface area contributed by atoms with Crippen molar-refractivity contribution in [1.29, 1.82) is 0 Å². The van der Waals surface area contributed by atoms with Crippen LogP contribution in [0.5, 0.6) is 0 Å². The summed E-state index contributed by atoms with van der Waals surface area (Å²) in [5.74, 6) is 1.23. The third kappa shape index (κ3) is 5.17. The summed E-state index contributed by atoms with van der Waals surface area (Å²) in [7, 11) is 0. The maximum Gasteiger partial charge on any atom is 0.236 e. The van der Waals surface area contributed by atoms with Crippen molar-refractivity contribution in [3.8, 4) is 0 Å². The lowest BCUT2D eigenvalue weighted by molar-refractivity contribution is -0.137. The number of amides is 2. The van der Waals surface area contributed by atoms with Crippen LogP contribution in [0.3, 0.4) is 0 Å². The van der Waals surface area contributed by atoms with Crippen molar-refractivity contribution in [2.24, 2.45) is 5.92 Å². The monoisotopic (exact) mass is 350 g/mol. The standard InChI is InChI=1S/C19H34N4O2/c1-16-4-2-3-9-23(16)19(25)15-21-10-12-22(13-11-21)18(24)6-5-17-7-8-20-14-17/h16-17,20H,2-15H2,1H3. The largest absolute Gasteiger partial charge is 0.340 e. The van der Waals surface area contributed by atoms with E-state index in [1.807, 2.05) is 4.90 Å². The molecule has 2 amide bonds. The van der Waals surface area contributed by atoms with E-state index in [2.05, 4.69) is 22.0 Å². The summed E-state index contributed by atoms with van der Waals surface area (Å²) in [6.07, 6.45) is 6.40. The molecule has 0 aromatic rings. The van der Waals surface area contributed by atoms with Crippen molar-refractivity contribution in [2.45, 2.75) is 51.5 Å². The predicted molar refractivity (Wildman–Crippen MR) is 98.3 cm³/mol. The van der Waals surface area contributed by atoms with E-state index in [-0.39, 0.29) is 5.91 Å². The average molecular weight is 351 g/mol. The SMILES string of the molecule is CC1CCCCN1C(=O)CN1CCN(C(=O)CCC2CCNC2)CC1. The Kier molecular flexibility index (Phi) is 6.70. The topological polar surface area (TPSA) is 55.9 Å². The highest BCUT2D eigenvalue weighted by Crippen LogP contribution is 2.18. The Morgan fingerprint density at radius 2 is 1.80 bits per heavy atom. The second kappa shape index (κ2) is 8.99. The van der Waals surface area contributed by atoms with Crippen LogP contribution in [0.15, 0.2) is 0 Å². The van der Waals surface area contributed by atoms with Gasteiger partial charge < -0.3 is 15.1 Å². The number of carbonyl (C=O) groups excluding carboxylic acids is 2. The minimum atomic E-state index is 0.265. The van der Waals surface area contributed by atoms with Gasteiger partial charge in [-0.1, -0.05) is 0 Å². The molecule has 2 unspecified atom stereocenters. The molecule has 0 saturated carbocycles. The zero-order chi connectivity index (χ0) is 17.6. The van der Waals surface area contributed by atoms with Crippen molar-refractivity contribution in [1.82, 2.24) is 20.0 Å². The summed E-state index contributed by atoms with van der Waals surface area (Å²) in [5.41, 5.74) is 0. The molecule has 2 atom stereocenters. The van der Waals surface area contributed by atoms with E-state index in [1.165, 1.54) is 12.8 Å². The number of carbonyl (C=O) groups is 2. The lowest BCUT2D eigenvalue weighted by Gasteiger charge is -2.38. The van der Waals surface area contributed by atoms with E-state index in [4.69, 9.17) is 0 Å². The Bertz CT molecular complexity index is 456. The highest BCUT2D eigenvalue weighted by molar-refractivity contribution is 5.79. The van der Waals surface area contributed by atoms with E-state index < -0.39 is 0 Å². The number of rotatable bonds is 5. The molecule has 3 aliphatic heterocycles. The molecule has 1 N–H and O–H groups in total. The van der Waals surface area contributed by atoms with E-state index in [0.29, 0.717) is 30.8 Å². The fourth-order valence-corrected chi connectivity index (χ4v) is 4.35. The first kappa shape index (κ1) is 18.6. The van der Waals surface area contributed by atoms with Crippen molar-refractivity contribution >= 4 is 11.8 Å². The van der Waals surface area contributed by atoms with Gasteiger partial charge in [0.15, 0.2) is 0 Å². The zero-order valence-electron chi connectivity index (χ0n) is 15.7. The first-order valence-corrected chi connectivity index (χ1v) is 10.1. The van der Waals surface area contributed by atoms with Crippen molar-refractivity contribution < 1.29 is 9.59 Å². The third-order valence-electron chi connectivity index (χ3n) is 6.14. The van der Waals surface area contributed by atoms with Crippen molar-refractivity contribution in [3.63, 3.8) is 0 Å². The number of piperidine rings is 1. The molecular weight excluding hydrogens is 316 g/mol. The summed E-state index contributed by atoms with van der Waals surface area (Å²) < 4.78 is 0. The van der Waals surface area contributed by atoms with Gasteiger partial charge in [-0.25, -0.2) is 0 Å². The molecule has 3 rings (SSSR count). The molecule has 0 aromatic heterocycles. The van der Waals surface area contributed by atoms with Crippen LogP contribution in [0.25, 0.3) is 0 Å². The van der Waals surface area contributed by atoms with E-state index >= 15 is 0 Å². The first-order valence-electron chi connectivity index (χ1n) is 10.1.